The average molecular weight is 233 g/mol. The SMILES string of the molecule is CCOC(=O)C(C)N1CCc2ccccc2C1. The Balaban J connectivity index is 2.04. The Hall–Kier alpha value is -1.35. The molecule has 1 unspecified atom stereocenters. The lowest BCUT2D eigenvalue weighted by Gasteiger charge is -2.32. The largest absolute Gasteiger partial charge is 0.465 e. The number of nitrogens with zero attached hydrogens (tertiary/aromatic N) is 1. The quantitative estimate of drug-likeness (QED) is 0.748. The van der Waals surface area contributed by atoms with Crippen molar-refractivity contribution in [1.82, 2.24) is 4.90 Å². The van der Waals surface area contributed by atoms with Crippen molar-refractivity contribution in [2.45, 2.75) is 32.9 Å². The molecule has 1 heterocycles. The molecular weight excluding hydrogens is 214 g/mol. The van der Waals surface area contributed by atoms with E-state index in [1.807, 2.05) is 13.8 Å². The molecule has 1 atom stereocenters. The summed E-state index contributed by atoms with van der Waals surface area (Å²) in [7, 11) is 0. The van der Waals surface area contributed by atoms with E-state index in [9.17, 15) is 4.79 Å². The fourth-order valence-electron chi connectivity index (χ4n) is 2.26. The molecule has 0 fully saturated rings. The molecule has 0 N–H and O–H groups in total. The van der Waals surface area contributed by atoms with Gasteiger partial charge in [0.05, 0.1) is 6.61 Å². The van der Waals surface area contributed by atoms with Crippen LogP contribution in [0.3, 0.4) is 0 Å². The van der Waals surface area contributed by atoms with Gasteiger partial charge in [0.1, 0.15) is 6.04 Å². The highest BCUT2D eigenvalue weighted by Crippen LogP contribution is 2.20. The lowest BCUT2D eigenvalue weighted by Crippen LogP contribution is -2.42. The van der Waals surface area contributed by atoms with E-state index in [2.05, 4.69) is 29.2 Å². The van der Waals surface area contributed by atoms with Crippen LogP contribution in [0.5, 0.6) is 0 Å². The second kappa shape index (κ2) is 5.32. The smallest absolute Gasteiger partial charge is 0.323 e. The van der Waals surface area contributed by atoms with Crippen LogP contribution in [-0.4, -0.2) is 30.1 Å². The van der Waals surface area contributed by atoms with Gasteiger partial charge in [0.15, 0.2) is 0 Å². The fourth-order valence-corrected chi connectivity index (χ4v) is 2.26. The Morgan fingerprint density at radius 3 is 2.82 bits per heavy atom. The molecule has 1 aliphatic rings. The number of carbonyl (C=O) groups is 1. The van der Waals surface area contributed by atoms with Crippen LogP contribution in [0.1, 0.15) is 25.0 Å². The topological polar surface area (TPSA) is 29.5 Å². The van der Waals surface area contributed by atoms with Gasteiger partial charge in [0.25, 0.3) is 0 Å². The van der Waals surface area contributed by atoms with Gasteiger partial charge < -0.3 is 4.74 Å². The Bertz CT molecular complexity index is 403. The molecule has 0 aromatic heterocycles. The summed E-state index contributed by atoms with van der Waals surface area (Å²) in [5.74, 6) is -0.119. The van der Waals surface area contributed by atoms with E-state index in [0.717, 1.165) is 19.5 Å². The first-order valence-corrected chi connectivity index (χ1v) is 6.20. The molecule has 0 saturated carbocycles. The number of esters is 1. The van der Waals surface area contributed by atoms with Crippen LogP contribution < -0.4 is 0 Å². The van der Waals surface area contributed by atoms with E-state index < -0.39 is 0 Å². The van der Waals surface area contributed by atoms with Gasteiger partial charge in [-0.1, -0.05) is 24.3 Å². The van der Waals surface area contributed by atoms with Gasteiger partial charge in [0, 0.05) is 13.1 Å². The summed E-state index contributed by atoms with van der Waals surface area (Å²) in [6.45, 7) is 5.99. The summed E-state index contributed by atoms with van der Waals surface area (Å²) in [6, 6.07) is 8.28. The summed E-state index contributed by atoms with van der Waals surface area (Å²) in [5.41, 5.74) is 2.73. The molecule has 0 saturated heterocycles. The van der Waals surface area contributed by atoms with Gasteiger partial charge in [-0.25, -0.2) is 0 Å². The zero-order valence-corrected chi connectivity index (χ0v) is 10.5. The van der Waals surface area contributed by atoms with Crippen LogP contribution in [0.25, 0.3) is 0 Å². The number of ether oxygens (including phenoxy) is 1. The van der Waals surface area contributed by atoms with Crippen LogP contribution in [-0.2, 0) is 22.5 Å². The molecule has 2 rings (SSSR count). The zero-order valence-electron chi connectivity index (χ0n) is 10.5. The maximum atomic E-state index is 11.7. The number of rotatable bonds is 3. The van der Waals surface area contributed by atoms with E-state index in [1.165, 1.54) is 11.1 Å². The van der Waals surface area contributed by atoms with Crippen LogP contribution in [0, 0.1) is 0 Å². The van der Waals surface area contributed by atoms with E-state index >= 15 is 0 Å². The number of fused-ring (bicyclic) bond motifs is 1. The highest BCUT2D eigenvalue weighted by Gasteiger charge is 2.25. The molecular formula is C14H19NO2. The minimum absolute atomic E-state index is 0.119. The zero-order chi connectivity index (χ0) is 12.3. The van der Waals surface area contributed by atoms with Crippen LogP contribution in [0.15, 0.2) is 24.3 Å². The van der Waals surface area contributed by atoms with Crippen LogP contribution in [0.2, 0.25) is 0 Å². The van der Waals surface area contributed by atoms with Crippen molar-refractivity contribution in [2.75, 3.05) is 13.2 Å². The minimum Gasteiger partial charge on any atom is -0.465 e. The van der Waals surface area contributed by atoms with Crippen molar-refractivity contribution in [2.24, 2.45) is 0 Å². The average Bonchev–Trinajstić information content (AvgIpc) is 2.37. The van der Waals surface area contributed by atoms with Crippen molar-refractivity contribution in [1.29, 1.82) is 0 Å². The molecule has 3 heteroatoms. The number of hydrogen-bond acceptors (Lipinski definition) is 3. The predicted molar refractivity (Wildman–Crippen MR) is 66.7 cm³/mol. The third kappa shape index (κ3) is 2.67. The first kappa shape index (κ1) is 12.1. The van der Waals surface area contributed by atoms with E-state index in [1.54, 1.807) is 0 Å². The van der Waals surface area contributed by atoms with Crippen molar-refractivity contribution >= 4 is 5.97 Å². The third-order valence-corrected chi connectivity index (χ3v) is 3.34. The van der Waals surface area contributed by atoms with Crippen molar-refractivity contribution < 1.29 is 9.53 Å². The summed E-state index contributed by atoms with van der Waals surface area (Å²) in [6.07, 6.45) is 1.01. The first-order chi connectivity index (χ1) is 8.22. The minimum atomic E-state index is -0.150. The molecule has 0 aliphatic carbocycles. The Morgan fingerprint density at radius 1 is 1.41 bits per heavy atom. The lowest BCUT2D eigenvalue weighted by atomic mass is 9.99. The Kier molecular flexibility index (Phi) is 3.79. The second-order valence-corrected chi connectivity index (χ2v) is 4.42. The van der Waals surface area contributed by atoms with Crippen molar-refractivity contribution in [3.05, 3.63) is 35.4 Å². The number of carbonyl (C=O) groups excluding carboxylic acids is 1. The molecule has 0 amide bonds. The van der Waals surface area contributed by atoms with Gasteiger partial charge in [-0.3, -0.25) is 9.69 Å². The summed E-state index contributed by atoms with van der Waals surface area (Å²) in [4.78, 5) is 13.9. The van der Waals surface area contributed by atoms with Gasteiger partial charge in [0.2, 0.25) is 0 Å². The standard InChI is InChI=1S/C14H19NO2/c1-3-17-14(16)11(2)15-9-8-12-6-4-5-7-13(12)10-15/h4-7,11H,3,8-10H2,1-2H3. The lowest BCUT2D eigenvalue weighted by molar-refractivity contribution is -0.149. The highest BCUT2D eigenvalue weighted by atomic mass is 16.5. The third-order valence-electron chi connectivity index (χ3n) is 3.34. The Labute approximate surface area is 102 Å². The Morgan fingerprint density at radius 2 is 2.12 bits per heavy atom. The monoisotopic (exact) mass is 233 g/mol. The van der Waals surface area contributed by atoms with Crippen molar-refractivity contribution in [3.8, 4) is 0 Å². The molecule has 92 valence electrons. The maximum absolute atomic E-state index is 11.7. The van der Waals surface area contributed by atoms with Gasteiger partial charge >= 0.3 is 5.97 Å². The second-order valence-electron chi connectivity index (χ2n) is 4.42. The van der Waals surface area contributed by atoms with Crippen LogP contribution >= 0.6 is 0 Å². The van der Waals surface area contributed by atoms with Gasteiger partial charge in [-0.2, -0.15) is 0 Å². The summed E-state index contributed by atoms with van der Waals surface area (Å²) in [5, 5.41) is 0. The molecule has 3 nitrogen and oxygen atoms in total. The van der Waals surface area contributed by atoms with Gasteiger partial charge in [-0.05, 0) is 31.4 Å². The predicted octanol–water partition coefficient (Wildman–Crippen LogP) is 2.00. The summed E-state index contributed by atoms with van der Waals surface area (Å²) >= 11 is 0. The van der Waals surface area contributed by atoms with Crippen LogP contribution in [0.4, 0.5) is 0 Å². The molecule has 17 heavy (non-hydrogen) atoms. The fraction of sp³-hybridized carbons (Fsp3) is 0.500. The van der Waals surface area contributed by atoms with E-state index in [0.29, 0.717) is 6.61 Å². The summed E-state index contributed by atoms with van der Waals surface area (Å²) < 4.78 is 5.06. The molecule has 1 aliphatic heterocycles. The molecule has 0 bridgehead atoms. The van der Waals surface area contributed by atoms with Gasteiger partial charge in [-0.15, -0.1) is 0 Å². The van der Waals surface area contributed by atoms with E-state index in [4.69, 9.17) is 4.74 Å². The maximum Gasteiger partial charge on any atom is 0.323 e. The highest BCUT2D eigenvalue weighted by molar-refractivity contribution is 5.75. The molecule has 1 aromatic carbocycles. The van der Waals surface area contributed by atoms with Crippen molar-refractivity contribution in [3.63, 3.8) is 0 Å². The molecule has 0 radical (unpaired) electrons. The number of benzene rings is 1. The van der Waals surface area contributed by atoms with E-state index in [-0.39, 0.29) is 12.0 Å². The molecule has 0 spiro atoms. The molecule has 1 aromatic rings. The number of hydrogen-bond donors (Lipinski definition) is 0. The normalized spacial score (nSPS) is 17.3. The first-order valence-electron chi connectivity index (χ1n) is 6.20.